The van der Waals surface area contributed by atoms with Gasteiger partial charge in [-0.1, -0.05) is 63.7 Å². The summed E-state index contributed by atoms with van der Waals surface area (Å²) in [4.78, 5) is 12.0. The lowest BCUT2D eigenvalue weighted by Gasteiger charge is -2.25. The van der Waals surface area contributed by atoms with Crippen LogP contribution < -0.4 is 0 Å². The van der Waals surface area contributed by atoms with Gasteiger partial charge in [-0.25, -0.2) is 0 Å². The van der Waals surface area contributed by atoms with Crippen molar-refractivity contribution >= 4 is 5.97 Å². The van der Waals surface area contributed by atoms with E-state index in [1.54, 1.807) is 6.08 Å². The van der Waals surface area contributed by atoms with Crippen LogP contribution in [0.2, 0.25) is 0 Å². The van der Waals surface area contributed by atoms with Gasteiger partial charge in [0.05, 0.1) is 0 Å². The maximum absolute atomic E-state index is 12.0. The third kappa shape index (κ3) is 11.6. The van der Waals surface area contributed by atoms with Gasteiger partial charge in [0.2, 0.25) is 0 Å². The smallest absolute Gasteiger partial charge is 0.306 e. The molecule has 0 saturated carbocycles. The van der Waals surface area contributed by atoms with Gasteiger partial charge in [-0.05, 0) is 46.1 Å². The van der Waals surface area contributed by atoms with Gasteiger partial charge in [-0.3, -0.25) is 4.79 Å². The molecule has 1 unspecified atom stereocenters. The monoisotopic (exact) mass is 308 g/mol. The first-order valence-electron chi connectivity index (χ1n) is 8.92. The normalized spacial score (nSPS) is 13.3. The minimum Gasteiger partial charge on any atom is -0.455 e. The fraction of sp³-hybridized carbons (Fsp3) is 0.750. The Bertz CT molecular complexity index is 340. The van der Waals surface area contributed by atoms with E-state index in [9.17, 15) is 4.79 Å². The van der Waals surface area contributed by atoms with Crippen LogP contribution in [0.15, 0.2) is 24.3 Å². The molecular weight excluding hydrogens is 272 g/mol. The lowest BCUT2D eigenvalue weighted by molar-refractivity contribution is -0.154. The Morgan fingerprint density at radius 2 is 1.68 bits per heavy atom. The van der Waals surface area contributed by atoms with Gasteiger partial charge < -0.3 is 4.74 Å². The average Bonchev–Trinajstić information content (AvgIpc) is 2.46. The van der Waals surface area contributed by atoms with Crippen LogP contribution in [0.3, 0.4) is 0 Å². The van der Waals surface area contributed by atoms with Crippen molar-refractivity contribution in [1.29, 1.82) is 0 Å². The van der Waals surface area contributed by atoms with Crippen LogP contribution in [0.25, 0.3) is 0 Å². The minimum absolute atomic E-state index is 0.0897. The average molecular weight is 309 g/mol. The van der Waals surface area contributed by atoms with Crippen molar-refractivity contribution in [1.82, 2.24) is 0 Å². The Morgan fingerprint density at radius 3 is 2.23 bits per heavy atom. The summed E-state index contributed by atoms with van der Waals surface area (Å²) in [5.74, 6) is -0.0897. The van der Waals surface area contributed by atoms with Crippen molar-refractivity contribution in [3.63, 3.8) is 0 Å². The van der Waals surface area contributed by atoms with Crippen LogP contribution in [0, 0.1) is 0 Å². The molecule has 0 spiro atoms. The summed E-state index contributed by atoms with van der Waals surface area (Å²) in [7, 11) is 0. The van der Waals surface area contributed by atoms with Crippen molar-refractivity contribution in [3.8, 4) is 0 Å². The molecule has 1 atom stereocenters. The van der Waals surface area contributed by atoms with Gasteiger partial charge in [0, 0.05) is 6.42 Å². The summed E-state index contributed by atoms with van der Waals surface area (Å²) in [5, 5.41) is 0. The van der Waals surface area contributed by atoms with Crippen molar-refractivity contribution < 1.29 is 9.53 Å². The van der Waals surface area contributed by atoms with Crippen LogP contribution in [-0.4, -0.2) is 11.6 Å². The lowest BCUT2D eigenvalue weighted by atomic mass is 9.99. The molecule has 0 aliphatic heterocycles. The van der Waals surface area contributed by atoms with Gasteiger partial charge in [0.1, 0.15) is 5.60 Å². The summed E-state index contributed by atoms with van der Waals surface area (Å²) in [6.07, 6.45) is 14.7. The van der Waals surface area contributed by atoms with E-state index in [4.69, 9.17) is 4.74 Å². The molecule has 0 amide bonds. The third-order valence-electron chi connectivity index (χ3n) is 3.96. The second kappa shape index (κ2) is 12.5. The molecule has 0 aromatic carbocycles. The lowest BCUT2D eigenvalue weighted by Crippen LogP contribution is -2.29. The predicted molar refractivity (Wildman–Crippen MR) is 96.0 cm³/mol. The summed E-state index contributed by atoms with van der Waals surface area (Å²) in [6, 6.07) is 0. The molecule has 0 N–H and O–H groups in total. The van der Waals surface area contributed by atoms with Crippen LogP contribution in [0.4, 0.5) is 0 Å². The SMILES string of the molecule is C=CC(C)(CCC=C(C)C)OC(=O)CCCCCCCCC. The number of hydrogen-bond acceptors (Lipinski definition) is 2. The molecule has 0 aromatic rings. The van der Waals surface area contributed by atoms with Crippen molar-refractivity contribution in [2.24, 2.45) is 0 Å². The second-order valence-corrected chi connectivity index (χ2v) is 6.68. The summed E-state index contributed by atoms with van der Waals surface area (Å²) in [6.45, 7) is 12.2. The highest BCUT2D eigenvalue weighted by Crippen LogP contribution is 2.21. The molecule has 0 radical (unpaired) electrons. The Balaban J connectivity index is 3.90. The molecule has 0 rings (SSSR count). The summed E-state index contributed by atoms with van der Waals surface area (Å²) < 4.78 is 5.63. The van der Waals surface area contributed by atoms with Crippen LogP contribution in [0.1, 0.15) is 91.9 Å². The molecule has 0 fully saturated rings. The van der Waals surface area contributed by atoms with Gasteiger partial charge in [0.25, 0.3) is 0 Å². The standard InChI is InChI=1S/C20H36O2/c1-6-8-9-10-11-12-13-16-19(21)22-20(5,7-2)17-14-15-18(3)4/h7,15H,2,6,8-14,16-17H2,1,3-5H3. The van der Waals surface area contributed by atoms with E-state index in [1.807, 2.05) is 6.92 Å². The van der Waals surface area contributed by atoms with Gasteiger partial charge in [0.15, 0.2) is 0 Å². The Labute approximate surface area is 138 Å². The Hall–Kier alpha value is -1.05. The largest absolute Gasteiger partial charge is 0.455 e. The van der Waals surface area contributed by atoms with E-state index >= 15 is 0 Å². The van der Waals surface area contributed by atoms with E-state index in [0.717, 1.165) is 25.7 Å². The van der Waals surface area contributed by atoms with E-state index in [1.165, 1.54) is 37.7 Å². The number of carbonyl (C=O) groups excluding carboxylic acids is 1. The van der Waals surface area contributed by atoms with Crippen LogP contribution >= 0.6 is 0 Å². The molecule has 128 valence electrons. The quantitative estimate of drug-likeness (QED) is 0.225. The topological polar surface area (TPSA) is 26.3 Å². The minimum atomic E-state index is -0.538. The van der Waals surface area contributed by atoms with Crippen LogP contribution in [-0.2, 0) is 9.53 Å². The molecule has 0 saturated heterocycles. The molecule has 0 heterocycles. The zero-order valence-corrected chi connectivity index (χ0v) is 15.2. The van der Waals surface area contributed by atoms with Gasteiger partial charge in [-0.2, -0.15) is 0 Å². The van der Waals surface area contributed by atoms with Crippen molar-refractivity contribution in [3.05, 3.63) is 24.3 Å². The Morgan fingerprint density at radius 1 is 1.09 bits per heavy atom. The highest BCUT2D eigenvalue weighted by Gasteiger charge is 2.23. The fourth-order valence-corrected chi connectivity index (χ4v) is 2.38. The highest BCUT2D eigenvalue weighted by atomic mass is 16.6. The van der Waals surface area contributed by atoms with E-state index in [0.29, 0.717) is 6.42 Å². The number of hydrogen-bond donors (Lipinski definition) is 0. The first-order valence-corrected chi connectivity index (χ1v) is 8.92. The number of ether oxygens (including phenoxy) is 1. The predicted octanol–water partition coefficient (Wildman–Crippen LogP) is 6.36. The molecule has 2 heteroatoms. The van der Waals surface area contributed by atoms with Crippen molar-refractivity contribution in [2.45, 2.75) is 97.5 Å². The third-order valence-corrected chi connectivity index (χ3v) is 3.96. The Kier molecular flexibility index (Phi) is 11.9. The molecule has 22 heavy (non-hydrogen) atoms. The van der Waals surface area contributed by atoms with E-state index in [2.05, 4.69) is 33.4 Å². The first-order chi connectivity index (χ1) is 10.4. The van der Waals surface area contributed by atoms with Crippen molar-refractivity contribution in [2.75, 3.05) is 0 Å². The molecular formula is C20H36O2. The maximum atomic E-state index is 12.0. The number of esters is 1. The fourth-order valence-electron chi connectivity index (χ4n) is 2.38. The maximum Gasteiger partial charge on any atom is 0.306 e. The first kappa shape index (κ1) is 20.9. The summed E-state index contributed by atoms with van der Waals surface area (Å²) >= 11 is 0. The number of allylic oxidation sites excluding steroid dienone is 2. The van der Waals surface area contributed by atoms with E-state index < -0.39 is 5.60 Å². The number of unbranched alkanes of at least 4 members (excludes halogenated alkanes) is 6. The molecule has 0 aromatic heterocycles. The zero-order chi connectivity index (χ0) is 16.8. The second-order valence-electron chi connectivity index (χ2n) is 6.68. The molecule has 0 aliphatic carbocycles. The van der Waals surface area contributed by atoms with Gasteiger partial charge in [-0.15, -0.1) is 0 Å². The van der Waals surface area contributed by atoms with Crippen LogP contribution in [0.5, 0.6) is 0 Å². The van der Waals surface area contributed by atoms with Gasteiger partial charge >= 0.3 is 5.97 Å². The zero-order valence-electron chi connectivity index (χ0n) is 15.2. The highest BCUT2D eigenvalue weighted by molar-refractivity contribution is 5.70. The molecule has 2 nitrogen and oxygen atoms in total. The number of carbonyl (C=O) groups is 1. The molecule has 0 aliphatic rings. The molecule has 0 bridgehead atoms. The van der Waals surface area contributed by atoms with E-state index in [-0.39, 0.29) is 5.97 Å². The number of rotatable bonds is 13. The summed E-state index contributed by atoms with van der Waals surface area (Å²) in [5.41, 5.74) is 0.755.